The number of aromatic hydroxyl groups is 2. The zero-order valence-electron chi connectivity index (χ0n) is 14.2. The first-order valence-electron chi connectivity index (χ1n) is 7.58. The quantitative estimate of drug-likeness (QED) is 0.358. The van der Waals surface area contributed by atoms with Crippen LogP contribution in [0.2, 0.25) is 0 Å². The molecule has 0 unspecified atom stereocenters. The molecule has 1 aromatic carbocycles. The summed E-state index contributed by atoms with van der Waals surface area (Å²) in [4.78, 5) is 35.4. The van der Waals surface area contributed by atoms with Crippen molar-refractivity contribution in [3.05, 3.63) is 23.8 Å². The lowest BCUT2D eigenvalue weighted by Crippen LogP contribution is -2.59. The van der Waals surface area contributed by atoms with E-state index in [1.165, 1.54) is 39.0 Å². The molecule has 7 N–H and O–H groups in total. The standard InChI is InChI=1S/C16H23N3O6/c1-8(17)13(22)18-9(2)14(23)19-16(3,15(24)25)7-10-4-5-11(20)12(21)6-10/h4-6,8-9,20-21H,7,17H2,1-3H3,(H,18,22)(H,19,23)(H,24,25)/t8-,9-,16-/m0/s1. The number of carbonyl (C=O) groups is 3. The highest BCUT2D eigenvalue weighted by atomic mass is 16.4. The highest BCUT2D eigenvalue weighted by Gasteiger charge is 2.36. The van der Waals surface area contributed by atoms with Gasteiger partial charge < -0.3 is 31.7 Å². The molecular formula is C16H23N3O6. The second kappa shape index (κ2) is 7.84. The fraction of sp³-hybridized carbons (Fsp3) is 0.438. The van der Waals surface area contributed by atoms with Gasteiger partial charge in [-0.2, -0.15) is 0 Å². The average molecular weight is 353 g/mol. The van der Waals surface area contributed by atoms with Crippen molar-refractivity contribution in [2.45, 2.75) is 44.8 Å². The summed E-state index contributed by atoms with van der Waals surface area (Å²) in [6.07, 6.45) is -0.143. The van der Waals surface area contributed by atoms with Crippen molar-refractivity contribution in [2.24, 2.45) is 5.73 Å². The predicted octanol–water partition coefficient (Wildman–Crippen LogP) is -0.548. The molecule has 9 nitrogen and oxygen atoms in total. The van der Waals surface area contributed by atoms with Crippen molar-refractivity contribution in [1.82, 2.24) is 10.6 Å². The average Bonchev–Trinajstić information content (AvgIpc) is 2.50. The van der Waals surface area contributed by atoms with E-state index in [1.54, 1.807) is 0 Å². The van der Waals surface area contributed by atoms with Crippen LogP contribution in [-0.4, -0.2) is 50.7 Å². The molecule has 138 valence electrons. The summed E-state index contributed by atoms with van der Waals surface area (Å²) in [5.74, 6) is -3.25. The number of benzene rings is 1. The van der Waals surface area contributed by atoms with E-state index in [9.17, 15) is 29.7 Å². The van der Waals surface area contributed by atoms with E-state index in [1.807, 2.05) is 0 Å². The Balaban J connectivity index is 2.90. The maximum absolute atomic E-state index is 12.2. The van der Waals surface area contributed by atoms with Gasteiger partial charge in [-0.3, -0.25) is 9.59 Å². The largest absolute Gasteiger partial charge is 0.504 e. The second-order valence-corrected chi connectivity index (χ2v) is 6.15. The SMILES string of the molecule is C[C@H](N)C(=O)N[C@@H](C)C(=O)N[C@@](C)(Cc1ccc(O)c(O)c1)C(=O)O. The molecule has 3 atom stereocenters. The van der Waals surface area contributed by atoms with Gasteiger partial charge in [-0.15, -0.1) is 0 Å². The zero-order valence-corrected chi connectivity index (χ0v) is 14.2. The molecule has 0 saturated carbocycles. The summed E-state index contributed by atoms with van der Waals surface area (Å²) in [5, 5.41) is 33.1. The van der Waals surface area contributed by atoms with Crippen LogP contribution >= 0.6 is 0 Å². The van der Waals surface area contributed by atoms with Crippen molar-refractivity contribution in [3.8, 4) is 11.5 Å². The van der Waals surface area contributed by atoms with Crippen LogP contribution in [0.5, 0.6) is 11.5 Å². The zero-order chi connectivity index (χ0) is 19.4. The van der Waals surface area contributed by atoms with Crippen LogP contribution in [0.4, 0.5) is 0 Å². The van der Waals surface area contributed by atoms with Crippen molar-refractivity contribution in [3.63, 3.8) is 0 Å². The highest BCUT2D eigenvalue weighted by molar-refractivity contribution is 5.92. The number of nitrogens with two attached hydrogens (primary N) is 1. The van der Waals surface area contributed by atoms with Crippen LogP contribution in [0, 0.1) is 0 Å². The Morgan fingerprint density at radius 1 is 1.16 bits per heavy atom. The van der Waals surface area contributed by atoms with Crippen LogP contribution in [0.15, 0.2) is 18.2 Å². The number of amides is 2. The molecule has 1 aromatic rings. The topological polar surface area (TPSA) is 162 Å². The third-order valence-corrected chi connectivity index (χ3v) is 3.63. The molecule has 0 aliphatic rings. The Bertz CT molecular complexity index is 676. The molecule has 0 heterocycles. The minimum atomic E-state index is -1.69. The molecule has 1 rings (SSSR count). The smallest absolute Gasteiger partial charge is 0.329 e. The molecule has 0 aliphatic heterocycles. The van der Waals surface area contributed by atoms with Crippen molar-refractivity contribution in [1.29, 1.82) is 0 Å². The lowest BCUT2D eigenvalue weighted by molar-refractivity contribution is -0.147. The summed E-state index contributed by atoms with van der Waals surface area (Å²) in [7, 11) is 0. The fourth-order valence-electron chi connectivity index (χ4n) is 2.05. The minimum Gasteiger partial charge on any atom is -0.504 e. The van der Waals surface area contributed by atoms with E-state index in [0.29, 0.717) is 5.56 Å². The lowest BCUT2D eigenvalue weighted by Gasteiger charge is -2.28. The van der Waals surface area contributed by atoms with Gasteiger partial charge in [-0.1, -0.05) is 6.07 Å². The number of hydrogen-bond acceptors (Lipinski definition) is 6. The molecule has 9 heteroatoms. The molecule has 25 heavy (non-hydrogen) atoms. The van der Waals surface area contributed by atoms with E-state index in [2.05, 4.69) is 10.6 Å². The molecular weight excluding hydrogens is 330 g/mol. The Morgan fingerprint density at radius 3 is 2.24 bits per heavy atom. The highest BCUT2D eigenvalue weighted by Crippen LogP contribution is 2.27. The van der Waals surface area contributed by atoms with Crippen molar-refractivity contribution < 1.29 is 29.7 Å². The van der Waals surface area contributed by atoms with Crippen LogP contribution in [0.25, 0.3) is 0 Å². The number of carbonyl (C=O) groups excluding carboxylic acids is 2. The minimum absolute atomic E-state index is 0.143. The van der Waals surface area contributed by atoms with Gasteiger partial charge >= 0.3 is 5.97 Å². The Kier molecular flexibility index (Phi) is 6.35. The lowest BCUT2D eigenvalue weighted by atomic mass is 9.92. The van der Waals surface area contributed by atoms with Gasteiger partial charge in [0.1, 0.15) is 11.6 Å². The van der Waals surface area contributed by atoms with E-state index >= 15 is 0 Å². The summed E-state index contributed by atoms with van der Waals surface area (Å²) >= 11 is 0. The number of hydrogen-bond donors (Lipinski definition) is 6. The van der Waals surface area contributed by atoms with Crippen LogP contribution in [0.1, 0.15) is 26.3 Å². The number of phenols is 2. The number of carboxylic acid groups (broad SMARTS) is 1. The molecule has 0 fully saturated rings. The molecule has 0 saturated heterocycles. The van der Waals surface area contributed by atoms with Gasteiger partial charge in [0.05, 0.1) is 6.04 Å². The Morgan fingerprint density at radius 2 is 1.76 bits per heavy atom. The number of carboxylic acids is 1. The molecule has 0 bridgehead atoms. The van der Waals surface area contributed by atoms with Gasteiger partial charge in [-0.05, 0) is 38.5 Å². The normalized spacial score (nSPS) is 15.5. The van der Waals surface area contributed by atoms with Crippen LogP contribution in [0.3, 0.4) is 0 Å². The number of aliphatic carboxylic acids is 1. The van der Waals surface area contributed by atoms with Crippen molar-refractivity contribution >= 4 is 17.8 Å². The van der Waals surface area contributed by atoms with E-state index in [-0.39, 0.29) is 12.2 Å². The summed E-state index contributed by atoms with van der Waals surface area (Å²) in [6.45, 7) is 4.17. The van der Waals surface area contributed by atoms with Gasteiger partial charge in [0, 0.05) is 6.42 Å². The monoisotopic (exact) mass is 353 g/mol. The molecule has 2 amide bonds. The summed E-state index contributed by atoms with van der Waals surface area (Å²) < 4.78 is 0. The first kappa shape index (κ1) is 20.2. The Labute approximate surface area is 144 Å². The number of phenolic OH excluding ortho intramolecular Hbond substituents is 2. The molecule has 0 aromatic heterocycles. The van der Waals surface area contributed by atoms with Gasteiger partial charge in [0.2, 0.25) is 11.8 Å². The van der Waals surface area contributed by atoms with Gasteiger partial charge in [0.25, 0.3) is 0 Å². The Hall–Kier alpha value is -2.81. The number of rotatable bonds is 7. The van der Waals surface area contributed by atoms with E-state index in [4.69, 9.17) is 5.73 Å². The molecule has 0 radical (unpaired) electrons. The summed E-state index contributed by atoms with van der Waals surface area (Å²) in [5.41, 5.74) is 4.12. The van der Waals surface area contributed by atoms with E-state index in [0.717, 1.165) is 0 Å². The predicted molar refractivity (Wildman–Crippen MR) is 88.9 cm³/mol. The van der Waals surface area contributed by atoms with Crippen molar-refractivity contribution in [2.75, 3.05) is 0 Å². The molecule has 0 spiro atoms. The van der Waals surface area contributed by atoms with Crippen LogP contribution in [-0.2, 0) is 20.8 Å². The van der Waals surface area contributed by atoms with Gasteiger partial charge in [-0.25, -0.2) is 4.79 Å². The maximum Gasteiger partial charge on any atom is 0.329 e. The van der Waals surface area contributed by atoms with Gasteiger partial charge in [0.15, 0.2) is 11.5 Å². The van der Waals surface area contributed by atoms with E-state index < -0.39 is 41.2 Å². The first-order valence-corrected chi connectivity index (χ1v) is 7.58. The summed E-state index contributed by atoms with van der Waals surface area (Å²) in [6, 6.07) is 2.08. The van der Waals surface area contributed by atoms with Crippen LogP contribution < -0.4 is 16.4 Å². The second-order valence-electron chi connectivity index (χ2n) is 6.15. The maximum atomic E-state index is 12.2. The fourth-order valence-corrected chi connectivity index (χ4v) is 2.05. The third-order valence-electron chi connectivity index (χ3n) is 3.63. The number of nitrogens with one attached hydrogen (secondary N) is 2. The first-order chi connectivity index (χ1) is 11.5. The molecule has 0 aliphatic carbocycles. The third kappa shape index (κ3) is 5.35.